The van der Waals surface area contributed by atoms with Crippen LogP contribution in [0.4, 0.5) is 14.5 Å². The number of esters is 2. The van der Waals surface area contributed by atoms with Crippen LogP contribution in [-0.4, -0.2) is 41.7 Å². The van der Waals surface area contributed by atoms with Crippen molar-refractivity contribution in [3.63, 3.8) is 0 Å². The number of hydrogen-bond acceptors (Lipinski definition) is 8. The third-order valence-electron chi connectivity index (χ3n) is 3.57. The minimum Gasteiger partial charge on any atom is -0.454 e. The van der Waals surface area contributed by atoms with E-state index >= 15 is 0 Å². The molecule has 32 heavy (non-hydrogen) atoms. The van der Waals surface area contributed by atoms with E-state index in [1.54, 1.807) is 12.1 Å². The van der Waals surface area contributed by atoms with Gasteiger partial charge in [-0.1, -0.05) is 6.07 Å². The van der Waals surface area contributed by atoms with Crippen LogP contribution in [-0.2, 0) is 14.9 Å². The number of nitrogens with zero attached hydrogens (tertiary/aromatic N) is 1. The number of carbonyl (C=O) groups is 2. The first-order chi connectivity index (χ1) is 14.7. The van der Waals surface area contributed by atoms with E-state index < -0.39 is 55.7 Å². The Labute approximate surface area is 219 Å². The summed E-state index contributed by atoms with van der Waals surface area (Å²) in [5.41, 5.74) is -2.67. The minimum absolute atomic E-state index is 0.0975. The van der Waals surface area contributed by atoms with Gasteiger partial charge in [0.25, 0.3) is 5.69 Å². The zero-order chi connectivity index (χ0) is 24.4. The van der Waals surface area contributed by atoms with Crippen molar-refractivity contribution in [3.8, 4) is 5.75 Å². The van der Waals surface area contributed by atoms with Crippen LogP contribution in [0.2, 0.25) is 0 Å². The number of alkyl halides is 2. The molecule has 16 heteroatoms. The first kappa shape index (κ1) is 27.0. The fourth-order valence-corrected chi connectivity index (χ4v) is 6.16. The van der Waals surface area contributed by atoms with Crippen LogP contribution in [0.1, 0.15) is 20.7 Å². The van der Waals surface area contributed by atoms with Gasteiger partial charge in [-0.15, -0.1) is 0 Å². The number of nitro groups is 1. The fraction of sp³-hybridized carbons (Fsp3) is 0.125. The molecule has 0 spiro atoms. The van der Waals surface area contributed by atoms with Crippen LogP contribution >= 0.6 is 67.8 Å². The first-order valence-electron chi connectivity index (χ1n) is 7.82. The number of rotatable bonds is 7. The van der Waals surface area contributed by atoms with E-state index in [0.717, 1.165) is 21.8 Å². The van der Waals surface area contributed by atoms with Crippen LogP contribution in [0.5, 0.6) is 5.75 Å². The molecule has 0 aromatic heterocycles. The summed E-state index contributed by atoms with van der Waals surface area (Å²) in [5, 5.41) is 6.45. The summed E-state index contributed by atoms with van der Waals surface area (Å²) in [6.45, 7) is -2.14. The average Bonchev–Trinajstić information content (AvgIpc) is 2.67. The molecule has 0 aliphatic rings. The molecule has 0 fully saturated rings. The van der Waals surface area contributed by atoms with Gasteiger partial charge in [0, 0.05) is 9.64 Å². The van der Waals surface area contributed by atoms with Crippen molar-refractivity contribution >= 4 is 95.5 Å². The van der Waals surface area contributed by atoms with Gasteiger partial charge in [0.15, 0.2) is 17.9 Å². The second-order valence-corrected chi connectivity index (χ2v) is 10.9. The fourth-order valence-electron chi connectivity index (χ4n) is 2.15. The Bertz CT molecular complexity index is 1200. The molecule has 2 aromatic carbocycles. The minimum atomic E-state index is -5.93. The van der Waals surface area contributed by atoms with E-state index in [1.807, 2.05) is 67.8 Å². The third kappa shape index (κ3) is 6.20. The smallest absolute Gasteiger partial charge is 0.402 e. The Hall–Kier alpha value is -1.26. The second kappa shape index (κ2) is 10.3. The number of halogens is 5. The van der Waals surface area contributed by atoms with Gasteiger partial charge in [-0.2, -0.15) is 17.2 Å². The highest BCUT2D eigenvalue weighted by Gasteiger charge is 2.46. The lowest BCUT2D eigenvalue weighted by molar-refractivity contribution is -0.385. The molecule has 0 unspecified atom stereocenters. The normalized spacial score (nSPS) is 11.7. The molecule has 0 amide bonds. The Morgan fingerprint density at radius 1 is 1.12 bits per heavy atom. The molecule has 0 aliphatic heterocycles. The molecule has 2 aromatic rings. The summed E-state index contributed by atoms with van der Waals surface area (Å²) in [5.74, 6) is -2.92. The maximum absolute atomic E-state index is 13.4. The van der Waals surface area contributed by atoms with E-state index in [2.05, 4.69) is 4.74 Å². The molecule has 1 N–H and O–H groups in total. The molecular weight excluding hydrogens is 801 g/mol. The van der Waals surface area contributed by atoms with E-state index in [9.17, 15) is 36.9 Å². The molecule has 10 nitrogen and oxygen atoms in total. The van der Waals surface area contributed by atoms with E-state index in [-0.39, 0.29) is 5.75 Å². The van der Waals surface area contributed by atoms with Crippen LogP contribution in [0.3, 0.4) is 0 Å². The van der Waals surface area contributed by atoms with Gasteiger partial charge in [-0.25, -0.2) is 9.59 Å². The van der Waals surface area contributed by atoms with Crippen molar-refractivity contribution in [2.75, 3.05) is 6.61 Å². The molecule has 172 valence electrons. The average molecular weight is 809 g/mol. The summed E-state index contributed by atoms with van der Waals surface area (Å²) >= 11 is 5.80. The molecule has 0 aliphatic carbocycles. The highest BCUT2D eigenvalue weighted by atomic mass is 127. The zero-order valence-electron chi connectivity index (χ0n) is 15.1. The third-order valence-corrected chi connectivity index (χ3v) is 6.67. The molecule has 0 saturated heterocycles. The van der Waals surface area contributed by atoms with Crippen LogP contribution in [0.25, 0.3) is 0 Å². The highest BCUT2D eigenvalue weighted by molar-refractivity contribution is 14.1. The predicted molar refractivity (Wildman–Crippen MR) is 129 cm³/mol. The van der Waals surface area contributed by atoms with Crippen molar-refractivity contribution in [1.82, 2.24) is 0 Å². The van der Waals surface area contributed by atoms with Gasteiger partial charge in [-0.05, 0) is 86.0 Å². The SMILES string of the molecule is O=C(Oc1c(I)cc(I)cc1I)c1cccc([N+](=O)[O-])c1C(=O)OCC(F)(F)S(=O)(=O)O. The van der Waals surface area contributed by atoms with E-state index in [1.165, 1.54) is 0 Å². The topological polar surface area (TPSA) is 150 Å². The van der Waals surface area contributed by atoms with E-state index in [0.29, 0.717) is 7.14 Å². The van der Waals surface area contributed by atoms with Gasteiger partial charge in [0.05, 0.1) is 17.6 Å². The summed E-state index contributed by atoms with van der Waals surface area (Å²) in [6.07, 6.45) is 0. The second-order valence-electron chi connectivity index (χ2n) is 5.73. The quantitative estimate of drug-likeness (QED) is 0.108. The molecule has 0 heterocycles. The Morgan fingerprint density at radius 3 is 2.19 bits per heavy atom. The van der Waals surface area contributed by atoms with Crippen molar-refractivity contribution in [1.29, 1.82) is 0 Å². The van der Waals surface area contributed by atoms with Gasteiger partial charge in [-0.3, -0.25) is 14.7 Å². The number of ether oxygens (including phenoxy) is 2. The van der Waals surface area contributed by atoms with Crippen LogP contribution in [0, 0.1) is 20.8 Å². The van der Waals surface area contributed by atoms with Crippen molar-refractivity contribution < 1.29 is 45.7 Å². The molecule has 0 saturated carbocycles. The van der Waals surface area contributed by atoms with Crippen LogP contribution in [0.15, 0.2) is 30.3 Å². The van der Waals surface area contributed by atoms with Crippen molar-refractivity contribution in [2.24, 2.45) is 0 Å². The number of carbonyl (C=O) groups excluding carboxylic acids is 2. The zero-order valence-corrected chi connectivity index (χ0v) is 22.3. The molecule has 2 rings (SSSR count). The Kier molecular flexibility index (Phi) is 8.72. The Balaban J connectivity index is 2.47. The maximum Gasteiger partial charge on any atom is 0.402 e. The number of hydrogen-bond donors (Lipinski definition) is 1. The van der Waals surface area contributed by atoms with Gasteiger partial charge >= 0.3 is 27.3 Å². The molecule has 0 atom stereocenters. The highest BCUT2D eigenvalue weighted by Crippen LogP contribution is 2.32. The van der Waals surface area contributed by atoms with Gasteiger partial charge < -0.3 is 9.47 Å². The Morgan fingerprint density at radius 2 is 1.69 bits per heavy atom. The molecular formula is C16H8F2I3NO9S. The molecule has 0 radical (unpaired) electrons. The summed E-state index contributed by atoms with van der Waals surface area (Å²) in [6, 6.07) is 6.19. The predicted octanol–water partition coefficient (Wildman–Crippen LogP) is 4.27. The summed E-state index contributed by atoms with van der Waals surface area (Å²) in [4.78, 5) is 35.3. The lowest BCUT2D eigenvalue weighted by Gasteiger charge is -2.14. The van der Waals surface area contributed by atoms with Gasteiger partial charge in [0.2, 0.25) is 0 Å². The van der Waals surface area contributed by atoms with E-state index in [4.69, 9.17) is 9.29 Å². The monoisotopic (exact) mass is 809 g/mol. The lowest BCUT2D eigenvalue weighted by Crippen LogP contribution is -2.35. The number of benzene rings is 2. The summed E-state index contributed by atoms with van der Waals surface area (Å²) < 4.78 is 67.9. The van der Waals surface area contributed by atoms with Crippen molar-refractivity contribution in [2.45, 2.75) is 5.25 Å². The first-order valence-corrected chi connectivity index (χ1v) is 12.5. The lowest BCUT2D eigenvalue weighted by atomic mass is 10.1. The van der Waals surface area contributed by atoms with Gasteiger partial charge in [0.1, 0.15) is 0 Å². The standard InChI is InChI=1S/C16H8F2I3NO9S/c17-16(18,32(27,28)29)6-30-15(24)12-8(2-1-3-11(12)22(25)26)14(23)31-13-9(20)4-7(19)5-10(13)21/h1-5H,6H2,(H,27,28,29). The largest absolute Gasteiger partial charge is 0.454 e. The molecule has 0 bridgehead atoms. The van der Waals surface area contributed by atoms with Crippen LogP contribution < -0.4 is 4.74 Å². The van der Waals surface area contributed by atoms with Crippen molar-refractivity contribution in [3.05, 3.63) is 62.3 Å². The summed E-state index contributed by atoms with van der Waals surface area (Å²) in [7, 11) is -5.93. The maximum atomic E-state index is 13.4. The number of nitro benzene ring substituents is 1.